The number of rotatable bonds is 9. The molecule has 2 atom stereocenters. The molecule has 106 valence electrons. The van der Waals surface area contributed by atoms with Gasteiger partial charge >= 0.3 is 0 Å². The summed E-state index contributed by atoms with van der Waals surface area (Å²) in [5.74, 6) is 0.656. The molecule has 1 rings (SSSR count). The summed E-state index contributed by atoms with van der Waals surface area (Å²) >= 11 is 0. The fourth-order valence-corrected chi connectivity index (χ4v) is 2.12. The lowest BCUT2D eigenvalue weighted by molar-refractivity contribution is -0.136. The van der Waals surface area contributed by atoms with Gasteiger partial charge in [-0.1, -0.05) is 0 Å². The van der Waals surface area contributed by atoms with Crippen LogP contribution >= 0.6 is 0 Å². The van der Waals surface area contributed by atoms with E-state index in [1.165, 1.54) is 12.8 Å². The molecule has 0 spiro atoms. The van der Waals surface area contributed by atoms with Crippen molar-refractivity contribution in [1.82, 2.24) is 4.90 Å². The van der Waals surface area contributed by atoms with Crippen molar-refractivity contribution in [3.05, 3.63) is 0 Å². The molecule has 5 nitrogen and oxygen atoms in total. The summed E-state index contributed by atoms with van der Waals surface area (Å²) in [5.41, 5.74) is 5.92. The van der Waals surface area contributed by atoms with Crippen LogP contribution in [0.25, 0.3) is 0 Å². The van der Waals surface area contributed by atoms with Gasteiger partial charge in [0, 0.05) is 33.4 Å². The molecule has 0 aromatic carbocycles. The van der Waals surface area contributed by atoms with Crippen molar-refractivity contribution in [3.8, 4) is 0 Å². The van der Waals surface area contributed by atoms with E-state index in [2.05, 4.69) is 6.92 Å². The Morgan fingerprint density at radius 2 is 1.94 bits per heavy atom. The number of hydrogen-bond donors (Lipinski definition) is 1. The minimum absolute atomic E-state index is 0.0171. The molecule has 0 aromatic heterocycles. The van der Waals surface area contributed by atoms with E-state index in [9.17, 15) is 4.79 Å². The highest BCUT2D eigenvalue weighted by molar-refractivity contribution is 5.82. The van der Waals surface area contributed by atoms with Gasteiger partial charge in [0.1, 0.15) is 0 Å². The SMILES string of the molecule is COCCC(N)C(=O)N(CCOC)C(C)C1CC1. The third-order valence-corrected chi connectivity index (χ3v) is 3.57. The number of ether oxygens (including phenoxy) is 2. The van der Waals surface area contributed by atoms with Crippen molar-refractivity contribution < 1.29 is 14.3 Å². The quantitative estimate of drug-likeness (QED) is 0.658. The summed E-state index contributed by atoms with van der Waals surface area (Å²) < 4.78 is 10.0. The number of carbonyl (C=O) groups is 1. The molecule has 0 bridgehead atoms. The van der Waals surface area contributed by atoms with Crippen molar-refractivity contribution in [2.75, 3.05) is 34.0 Å². The minimum Gasteiger partial charge on any atom is -0.385 e. The maximum absolute atomic E-state index is 12.3. The van der Waals surface area contributed by atoms with Gasteiger partial charge < -0.3 is 20.1 Å². The van der Waals surface area contributed by atoms with Crippen LogP contribution in [0.3, 0.4) is 0 Å². The van der Waals surface area contributed by atoms with Crippen LogP contribution in [0.15, 0.2) is 0 Å². The lowest BCUT2D eigenvalue weighted by atomic mass is 10.1. The van der Waals surface area contributed by atoms with Gasteiger partial charge in [0.15, 0.2) is 0 Å². The molecule has 1 fully saturated rings. The van der Waals surface area contributed by atoms with Crippen molar-refractivity contribution in [2.45, 2.75) is 38.3 Å². The van der Waals surface area contributed by atoms with Gasteiger partial charge in [-0.3, -0.25) is 4.79 Å². The van der Waals surface area contributed by atoms with E-state index < -0.39 is 6.04 Å². The Morgan fingerprint density at radius 3 is 2.44 bits per heavy atom. The second kappa shape index (κ2) is 7.71. The van der Waals surface area contributed by atoms with Gasteiger partial charge in [-0.25, -0.2) is 0 Å². The Balaban J connectivity index is 2.53. The largest absolute Gasteiger partial charge is 0.385 e. The average molecular weight is 258 g/mol. The van der Waals surface area contributed by atoms with Crippen molar-refractivity contribution in [1.29, 1.82) is 0 Å². The number of carbonyl (C=O) groups excluding carboxylic acids is 1. The Hall–Kier alpha value is -0.650. The molecule has 1 aliphatic carbocycles. The van der Waals surface area contributed by atoms with E-state index in [1.807, 2.05) is 4.90 Å². The van der Waals surface area contributed by atoms with Gasteiger partial charge in [-0.05, 0) is 32.1 Å². The standard InChI is InChI=1S/C13H26N2O3/c1-10(11-4-5-11)15(7-9-18-3)13(16)12(14)6-8-17-2/h10-12H,4-9,14H2,1-3H3. The summed E-state index contributed by atoms with van der Waals surface area (Å²) in [6, 6.07) is -0.204. The lowest BCUT2D eigenvalue weighted by Crippen LogP contribution is -2.50. The van der Waals surface area contributed by atoms with Gasteiger partial charge in [-0.2, -0.15) is 0 Å². The smallest absolute Gasteiger partial charge is 0.239 e. The zero-order valence-corrected chi connectivity index (χ0v) is 11.7. The fourth-order valence-electron chi connectivity index (χ4n) is 2.12. The number of nitrogens with two attached hydrogens (primary N) is 1. The van der Waals surface area contributed by atoms with Crippen LogP contribution in [0.5, 0.6) is 0 Å². The average Bonchev–Trinajstić information content (AvgIpc) is 3.19. The number of nitrogens with zero attached hydrogens (tertiary/aromatic N) is 1. The summed E-state index contributed by atoms with van der Waals surface area (Å²) in [6.45, 7) is 3.80. The molecule has 18 heavy (non-hydrogen) atoms. The summed E-state index contributed by atoms with van der Waals surface area (Å²) in [6.07, 6.45) is 2.99. The first kappa shape index (κ1) is 15.4. The van der Waals surface area contributed by atoms with Crippen LogP contribution < -0.4 is 5.73 Å². The van der Waals surface area contributed by atoms with E-state index in [4.69, 9.17) is 15.2 Å². The van der Waals surface area contributed by atoms with Crippen LogP contribution in [-0.4, -0.2) is 56.9 Å². The first-order chi connectivity index (χ1) is 8.61. The third kappa shape index (κ3) is 4.55. The number of methoxy groups -OCH3 is 2. The molecule has 1 aliphatic rings. The lowest BCUT2D eigenvalue weighted by Gasteiger charge is -2.31. The third-order valence-electron chi connectivity index (χ3n) is 3.57. The molecular weight excluding hydrogens is 232 g/mol. The summed E-state index contributed by atoms with van der Waals surface area (Å²) in [4.78, 5) is 14.2. The van der Waals surface area contributed by atoms with Crippen LogP contribution in [0, 0.1) is 5.92 Å². The molecule has 0 saturated heterocycles. The number of hydrogen-bond acceptors (Lipinski definition) is 4. The molecule has 1 saturated carbocycles. The molecule has 5 heteroatoms. The van der Waals surface area contributed by atoms with Gasteiger partial charge in [0.25, 0.3) is 0 Å². The zero-order valence-electron chi connectivity index (χ0n) is 11.7. The summed E-state index contributed by atoms with van der Waals surface area (Å²) in [7, 11) is 3.27. The molecule has 2 N–H and O–H groups in total. The van der Waals surface area contributed by atoms with Gasteiger partial charge in [0.2, 0.25) is 5.91 Å². The molecule has 0 radical (unpaired) electrons. The zero-order chi connectivity index (χ0) is 13.5. The first-order valence-electron chi connectivity index (χ1n) is 6.65. The highest BCUT2D eigenvalue weighted by atomic mass is 16.5. The van der Waals surface area contributed by atoms with Gasteiger partial charge in [-0.15, -0.1) is 0 Å². The Kier molecular flexibility index (Phi) is 6.60. The van der Waals surface area contributed by atoms with Gasteiger partial charge in [0.05, 0.1) is 12.6 Å². The highest BCUT2D eigenvalue weighted by Crippen LogP contribution is 2.35. The Labute approximate surface area is 110 Å². The molecule has 2 unspecified atom stereocenters. The topological polar surface area (TPSA) is 64.8 Å². The summed E-state index contributed by atoms with van der Waals surface area (Å²) in [5, 5.41) is 0. The number of amides is 1. The van der Waals surface area contributed by atoms with E-state index >= 15 is 0 Å². The molecule has 1 amide bonds. The van der Waals surface area contributed by atoms with E-state index in [-0.39, 0.29) is 11.9 Å². The molecular formula is C13H26N2O3. The first-order valence-corrected chi connectivity index (χ1v) is 6.65. The minimum atomic E-state index is -0.469. The fraction of sp³-hybridized carbons (Fsp3) is 0.923. The monoisotopic (exact) mass is 258 g/mol. The second-order valence-electron chi connectivity index (χ2n) is 4.99. The van der Waals surface area contributed by atoms with Crippen LogP contribution in [0.1, 0.15) is 26.2 Å². The maximum Gasteiger partial charge on any atom is 0.239 e. The van der Waals surface area contributed by atoms with E-state index in [0.717, 1.165) is 0 Å². The van der Waals surface area contributed by atoms with Crippen molar-refractivity contribution in [2.24, 2.45) is 11.7 Å². The predicted molar refractivity (Wildman–Crippen MR) is 70.2 cm³/mol. The molecule has 0 heterocycles. The normalized spacial score (nSPS) is 18.4. The Morgan fingerprint density at radius 1 is 1.33 bits per heavy atom. The highest BCUT2D eigenvalue weighted by Gasteiger charge is 2.35. The maximum atomic E-state index is 12.3. The molecule has 0 aliphatic heterocycles. The molecule has 0 aromatic rings. The van der Waals surface area contributed by atoms with Crippen LogP contribution in [-0.2, 0) is 14.3 Å². The van der Waals surface area contributed by atoms with Crippen molar-refractivity contribution in [3.63, 3.8) is 0 Å². The van der Waals surface area contributed by atoms with Crippen LogP contribution in [0.2, 0.25) is 0 Å². The Bertz CT molecular complexity index is 257. The van der Waals surface area contributed by atoms with Crippen molar-refractivity contribution >= 4 is 5.91 Å². The second-order valence-corrected chi connectivity index (χ2v) is 4.99. The van der Waals surface area contributed by atoms with Crippen LogP contribution in [0.4, 0.5) is 0 Å². The predicted octanol–water partition coefficient (Wildman–Crippen LogP) is 0.624. The van der Waals surface area contributed by atoms with E-state index in [0.29, 0.717) is 32.1 Å². The van der Waals surface area contributed by atoms with E-state index in [1.54, 1.807) is 14.2 Å².